The summed E-state index contributed by atoms with van der Waals surface area (Å²) < 4.78 is 43.1. The molecule has 0 fully saturated rings. The molecular weight excluding hydrogens is 474 g/mol. The number of carbonyl (C=O) groups excluding carboxylic acids is 2. The quantitative estimate of drug-likeness (QED) is 0.434. The molecule has 0 saturated heterocycles. The number of anilines is 1. The zero-order valence-electron chi connectivity index (χ0n) is 17.6. The molecule has 0 aliphatic carbocycles. The van der Waals surface area contributed by atoms with Crippen molar-refractivity contribution in [1.29, 1.82) is 0 Å². The molecule has 1 heterocycles. The zero-order chi connectivity index (χ0) is 24.0. The molecule has 1 amide bonds. The van der Waals surface area contributed by atoms with Crippen LogP contribution in [-0.2, 0) is 26.1 Å². The number of aromatic nitrogens is 1. The SMILES string of the molecule is COc1ccc(C(=O)OCC(=O)Nc2cc(C)on2)cc1S(=O)(=O)NCc1ccc(Cl)cc1. The van der Waals surface area contributed by atoms with Crippen LogP contribution in [-0.4, -0.2) is 39.2 Å². The summed E-state index contributed by atoms with van der Waals surface area (Å²) >= 11 is 5.84. The lowest BCUT2D eigenvalue weighted by molar-refractivity contribution is -0.119. The third-order valence-electron chi connectivity index (χ3n) is 4.30. The number of aryl methyl sites for hydroxylation is 1. The summed E-state index contributed by atoms with van der Waals surface area (Å²) in [6.45, 7) is 1.05. The fraction of sp³-hybridized carbons (Fsp3) is 0.190. The van der Waals surface area contributed by atoms with Gasteiger partial charge in [0, 0.05) is 17.6 Å². The standard InChI is InChI=1S/C21H20ClN3O7S/c1-13-9-19(25-32-13)24-20(26)12-31-21(27)15-5-8-17(30-2)18(10-15)33(28,29)23-11-14-3-6-16(22)7-4-14/h3-10,23H,11-12H2,1-2H3,(H,24,25,26). The molecule has 0 aliphatic rings. The van der Waals surface area contributed by atoms with Gasteiger partial charge >= 0.3 is 5.97 Å². The first kappa shape index (κ1) is 24.2. The summed E-state index contributed by atoms with van der Waals surface area (Å²) in [7, 11) is -2.74. The maximum atomic E-state index is 12.8. The molecule has 3 rings (SSSR count). The van der Waals surface area contributed by atoms with Crippen molar-refractivity contribution in [3.05, 3.63) is 70.4 Å². The van der Waals surface area contributed by atoms with Gasteiger partial charge < -0.3 is 19.3 Å². The second kappa shape index (κ2) is 10.5. The van der Waals surface area contributed by atoms with Crippen molar-refractivity contribution in [3.63, 3.8) is 0 Å². The van der Waals surface area contributed by atoms with Crippen LogP contribution < -0.4 is 14.8 Å². The second-order valence-corrected chi connectivity index (χ2v) is 8.94. The lowest BCUT2D eigenvalue weighted by Crippen LogP contribution is -2.24. The fourth-order valence-corrected chi connectivity index (χ4v) is 4.03. The summed E-state index contributed by atoms with van der Waals surface area (Å²) in [5.41, 5.74) is 0.610. The van der Waals surface area contributed by atoms with Crippen LogP contribution in [0, 0.1) is 6.92 Å². The van der Waals surface area contributed by atoms with Gasteiger partial charge in [0.1, 0.15) is 16.4 Å². The van der Waals surface area contributed by atoms with E-state index in [0.29, 0.717) is 16.3 Å². The Balaban J connectivity index is 1.68. The van der Waals surface area contributed by atoms with Crippen LogP contribution in [0.1, 0.15) is 21.7 Å². The highest BCUT2D eigenvalue weighted by Gasteiger charge is 2.22. The van der Waals surface area contributed by atoms with Gasteiger partial charge in [0.25, 0.3) is 5.91 Å². The number of esters is 1. The number of methoxy groups -OCH3 is 1. The molecule has 2 N–H and O–H groups in total. The Morgan fingerprint density at radius 2 is 1.85 bits per heavy atom. The number of hydrogen-bond acceptors (Lipinski definition) is 8. The van der Waals surface area contributed by atoms with Crippen molar-refractivity contribution in [1.82, 2.24) is 9.88 Å². The number of amides is 1. The van der Waals surface area contributed by atoms with Crippen LogP contribution in [0.3, 0.4) is 0 Å². The van der Waals surface area contributed by atoms with E-state index in [1.807, 2.05) is 0 Å². The van der Waals surface area contributed by atoms with Gasteiger partial charge in [-0.05, 0) is 42.8 Å². The van der Waals surface area contributed by atoms with Crippen LogP contribution in [0.2, 0.25) is 5.02 Å². The number of nitrogens with zero attached hydrogens (tertiary/aromatic N) is 1. The van der Waals surface area contributed by atoms with Crippen molar-refractivity contribution >= 4 is 39.3 Å². The van der Waals surface area contributed by atoms with Crippen molar-refractivity contribution in [2.45, 2.75) is 18.4 Å². The summed E-state index contributed by atoms with van der Waals surface area (Å²) in [5, 5.41) is 6.53. The van der Waals surface area contributed by atoms with Gasteiger partial charge in [-0.2, -0.15) is 0 Å². The first-order chi connectivity index (χ1) is 15.7. The molecule has 0 bridgehead atoms. The Bertz CT molecular complexity index is 1260. The molecular formula is C21H20ClN3O7S. The molecule has 0 atom stereocenters. The zero-order valence-corrected chi connectivity index (χ0v) is 19.2. The predicted octanol–water partition coefficient (Wildman–Crippen LogP) is 2.92. The number of benzene rings is 2. The van der Waals surface area contributed by atoms with Gasteiger partial charge in [0.2, 0.25) is 10.0 Å². The molecule has 2 aromatic carbocycles. The van der Waals surface area contributed by atoms with E-state index in [1.54, 1.807) is 31.2 Å². The van der Waals surface area contributed by atoms with Crippen molar-refractivity contribution in [3.8, 4) is 5.75 Å². The molecule has 12 heteroatoms. The lowest BCUT2D eigenvalue weighted by atomic mass is 10.2. The first-order valence-electron chi connectivity index (χ1n) is 9.50. The highest BCUT2D eigenvalue weighted by Crippen LogP contribution is 2.25. The van der Waals surface area contributed by atoms with Crippen molar-refractivity contribution < 1.29 is 32.0 Å². The molecule has 3 aromatic rings. The molecule has 174 valence electrons. The van der Waals surface area contributed by atoms with Crippen molar-refractivity contribution in [2.24, 2.45) is 0 Å². The van der Waals surface area contributed by atoms with E-state index in [0.717, 1.165) is 6.07 Å². The summed E-state index contributed by atoms with van der Waals surface area (Å²) in [5.74, 6) is -0.813. The van der Waals surface area contributed by atoms with Gasteiger partial charge in [-0.3, -0.25) is 4.79 Å². The molecule has 1 aromatic heterocycles. The Morgan fingerprint density at radius 3 is 2.48 bits per heavy atom. The van der Waals surface area contributed by atoms with Gasteiger partial charge in [0.05, 0.1) is 12.7 Å². The van der Waals surface area contributed by atoms with E-state index in [4.69, 9.17) is 25.6 Å². The van der Waals surface area contributed by atoms with Gasteiger partial charge in [-0.15, -0.1) is 0 Å². The van der Waals surface area contributed by atoms with Crippen LogP contribution in [0.4, 0.5) is 5.82 Å². The minimum absolute atomic E-state index is 0.000969. The largest absolute Gasteiger partial charge is 0.495 e. The normalized spacial score (nSPS) is 11.1. The Morgan fingerprint density at radius 1 is 1.12 bits per heavy atom. The van der Waals surface area contributed by atoms with Crippen molar-refractivity contribution in [2.75, 3.05) is 19.0 Å². The van der Waals surface area contributed by atoms with Crippen LogP contribution in [0.5, 0.6) is 5.75 Å². The smallest absolute Gasteiger partial charge is 0.338 e. The fourth-order valence-electron chi connectivity index (χ4n) is 2.69. The molecule has 0 spiro atoms. The average molecular weight is 494 g/mol. The number of rotatable bonds is 9. The monoisotopic (exact) mass is 493 g/mol. The maximum absolute atomic E-state index is 12.8. The third-order valence-corrected chi connectivity index (χ3v) is 5.97. The van der Waals surface area contributed by atoms with E-state index < -0.39 is 28.5 Å². The van der Waals surface area contributed by atoms with E-state index in [1.165, 1.54) is 25.3 Å². The van der Waals surface area contributed by atoms with E-state index in [-0.39, 0.29) is 28.6 Å². The van der Waals surface area contributed by atoms with Gasteiger partial charge in [0.15, 0.2) is 12.4 Å². The Hall–Kier alpha value is -3.41. The Labute approximate surface area is 194 Å². The van der Waals surface area contributed by atoms with Crippen LogP contribution >= 0.6 is 11.6 Å². The topological polar surface area (TPSA) is 137 Å². The molecule has 0 unspecified atom stereocenters. The minimum Gasteiger partial charge on any atom is -0.495 e. The summed E-state index contributed by atoms with van der Waals surface area (Å²) in [4.78, 5) is 24.1. The highest BCUT2D eigenvalue weighted by atomic mass is 35.5. The molecule has 10 nitrogen and oxygen atoms in total. The summed E-state index contributed by atoms with van der Waals surface area (Å²) in [6, 6.07) is 11.9. The molecule has 0 radical (unpaired) electrons. The maximum Gasteiger partial charge on any atom is 0.338 e. The first-order valence-corrected chi connectivity index (χ1v) is 11.4. The highest BCUT2D eigenvalue weighted by molar-refractivity contribution is 7.89. The van der Waals surface area contributed by atoms with E-state index >= 15 is 0 Å². The minimum atomic E-state index is -4.05. The Kier molecular flexibility index (Phi) is 7.69. The predicted molar refractivity (Wildman–Crippen MR) is 119 cm³/mol. The number of hydrogen-bond donors (Lipinski definition) is 2. The van der Waals surface area contributed by atoms with Crippen LogP contribution in [0.25, 0.3) is 0 Å². The lowest BCUT2D eigenvalue weighted by Gasteiger charge is -2.12. The average Bonchev–Trinajstić information content (AvgIpc) is 3.21. The number of sulfonamides is 1. The van der Waals surface area contributed by atoms with Gasteiger partial charge in [-0.25, -0.2) is 17.9 Å². The number of ether oxygens (including phenoxy) is 2. The molecule has 0 aliphatic heterocycles. The van der Waals surface area contributed by atoms with E-state index in [2.05, 4.69) is 15.2 Å². The molecule has 0 saturated carbocycles. The molecule has 33 heavy (non-hydrogen) atoms. The van der Waals surface area contributed by atoms with E-state index in [9.17, 15) is 18.0 Å². The number of carbonyl (C=O) groups is 2. The van der Waals surface area contributed by atoms with Gasteiger partial charge in [-0.1, -0.05) is 28.9 Å². The number of nitrogens with one attached hydrogen (secondary N) is 2. The third kappa shape index (κ3) is 6.54. The second-order valence-electron chi connectivity index (χ2n) is 6.76. The summed E-state index contributed by atoms with van der Waals surface area (Å²) in [6.07, 6.45) is 0. The number of halogens is 1. The van der Waals surface area contributed by atoms with Crippen LogP contribution in [0.15, 0.2) is 57.9 Å².